The van der Waals surface area contributed by atoms with Gasteiger partial charge in [0.05, 0.1) is 10.0 Å². The molecule has 2 rings (SSSR count). The van der Waals surface area contributed by atoms with Crippen molar-refractivity contribution in [2.45, 2.75) is 37.5 Å². The Balaban J connectivity index is 2.17. The second-order valence-corrected chi connectivity index (χ2v) is 9.31. The summed E-state index contributed by atoms with van der Waals surface area (Å²) < 4.78 is 23.4. The third-order valence-electron chi connectivity index (χ3n) is 4.27. The van der Waals surface area contributed by atoms with Crippen LogP contribution in [0.1, 0.15) is 26.2 Å². The molecule has 1 saturated heterocycles. The summed E-state index contributed by atoms with van der Waals surface area (Å²) in [7, 11) is -3.52. The van der Waals surface area contributed by atoms with Crippen molar-refractivity contribution in [2.75, 3.05) is 18.1 Å². The van der Waals surface area contributed by atoms with E-state index in [-0.39, 0.29) is 5.91 Å². The molecule has 1 aromatic carbocycles. The smallest absolute Gasteiger partial charge is 0.247 e. The Morgan fingerprint density at radius 2 is 1.92 bits per heavy atom. The van der Waals surface area contributed by atoms with E-state index in [9.17, 15) is 18.0 Å². The van der Waals surface area contributed by atoms with E-state index in [0.717, 1.165) is 19.1 Å². The first kappa shape index (κ1) is 20.0. The quantitative estimate of drug-likeness (QED) is 0.832. The van der Waals surface area contributed by atoms with Gasteiger partial charge in [0.1, 0.15) is 11.3 Å². The van der Waals surface area contributed by atoms with Gasteiger partial charge in [-0.2, -0.15) is 0 Å². The summed E-state index contributed by atoms with van der Waals surface area (Å²) in [5.41, 5.74) is 0.466. The van der Waals surface area contributed by atoms with Gasteiger partial charge in [0.25, 0.3) is 0 Å². The predicted octanol–water partition coefficient (Wildman–Crippen LogP) is 2.75. The SMILES string of the molecule is C[C@@H](C(=O)N1CCCC[C@@H]1C(=O)Nc1ccc(Cl)c(Cl)c1)S(C)(=O)=O. The van der Waals surface area contributed by atoms with E-state index in [2.05, 4.69) is 5.32 Å². The predicted molar refractivity (Wildman–Crippen MR) is 98.7 cm³/mol. The van der Waals surface area contributed by atoms with Crippen molar-refractivity contribution in [3.8, 4) is 0 Å². The second kappa shape index (κ2) is 7.93. The topological polar surface area (TPSA) is 83.6 Å². The number of anilines is 1. The first-order valence-electron chi connectivity index (χ1n) is 7.86. The van der Waals surface area contributed by atoms with Crippen molar-refractivity contribution in [1.82, 2.24) is 4.90 Å². The summed E-state index contributed by atoms with van der Waals surface area (Å²) in [5, 5.41) is 2.22. The number of carbonyl (C=O) groups is 2. The molecular formula is C16H20Cl2N2O4S. The summed E-state index contributed by atoms with van der Waals surface area (Å²) >= 11 is 11.8. The molecule has 1 heterocycles. The molecule has 0 radical (unpaired) electrons. The van der Waals surface area contributed by atoms with Crippen molar-refractivity contribution in [3.63, 3.8) is 0 Å². The lowest BCUT2D eigenvalue weighted by Crippen LogP contribution is -2.53. The number of nitrogens with one attached hydrogen (secondary N) is 1. The lowest BCUT2D eigenvalue weighted by molar-refractivity contribution is -0.139. The average molecular weight is 407 g/mol. The molecule has 2 atom stereocenters. The molecule has 2 amide bonds. The number of benzene rings is 1. The number of halogens is 2. The van der Waals surface area contributed by atoms with E-state index in [1.165, 1.54) is 17.9 Å². The number of piperidine rings is 1. The van der Waals surface area contributed by atoms with Crippen LogP contribution in [0.5, 0.6) is 0 Å². The molecule has 1 aromatic rings. The molecule has 1 fully saturated rings. The Labute approximate surface area is 157 Å². The van der Waals surface area contributed by atoms with E-state index in [1.807, 2.05) is 0 Å². The number of nitrogens with zero attached hydrogens (tertiary/aromatic N) is 1. The minimum Gasteiger partial charge on any atom is -0.330 e. The van der Waals surface area contributed by atoms with Gasteiger partial charge in [0, 0.05) is 18.5 Å². The number of hydrogen-bond acceptors (Lipinski definition) is 4. The molecule has 0 saturated carbocycles. The molecule has 9 heteroatoms. The maximum atomic E-state index is 12.6. The number of likely N-dealkylation sites (tertiary alicyclic amines) is 1. The zero-order valence-corrected chi connectivity index (χ0v) is 16.3. The molecule has 0 aliphatic carbocycles. The van der Waals surface area contributed by atoms with Crippen molar-refractivity contribution >= 4 is 50.5 Å². The highest BCUT2D eigenvalue weighted by Gasteiger charge is 2.37. The molecule has 1 N–H and O–H groups in total. The molecule has 138 valence electrons. The van der Waals surface area contributed by atoms with Crippen LogP contribution < -0.4 is 5.32 Å². The van der Waals surface area contributed by atoms with Gasteiger partial charge in [-0.15, -0.1) is 0 Å². The number of rotatable bonds is 4. The minimum absolute atomic E-state index is 0.307. The number of carbonyl (C=O) groups excluding carboxylic acids is 2. The van der Waals surface area contributed by atoms with E-state index in [4.69, 9.17) is 23.2 Å². The van der Waals surface area contributed by atoms with Crippen LogP contribution in [-0.2, 0) is 19.4 Å². The Hall–Kier alpha value is -1.31. The van der Waals surface area contributed by atoms with Gasteiger partial charge in [0.2, 0.25) is 11.8 Å². The maximum absolute atomic E-state index is 12.6. The first-order valence-corrected chi connectivity index (χ1v) is 10.6. The summed E-state index contributed by atoms with van der Waals surface area (Å²) in [6, 6.07) is 3.99. The zero-order valence-electron chi connectivity index (χ0n) is 14.0. The van der Waals surface area contributed by atoms with Crippen molar-refractivity contribution in [3.05, 3.63) is 28.2 Å². The van der Waals surface area contributed by atoms with Gasteiger partial charge in [-0.05, 0) is 44.4 Å². The lowest BCUT2D eigenvalue weighted by Gasteiger charge is -2.36. The van der Waals surface area contributed by atoms with E-state index in [0.29, 0.717) is 28.7 Å². The van der Waals surface area contributed by atoms with Gasteiger partial charge in [-0.1, -0.05) is 23.2 Å². The molecular weight excluding hydrogens is 387 g/mol. The van der Waals surface area contributed by atoms with Crippen LogP contribution in [-0.4, -0.2) is 49.2 Å². The molecule has 1 aliphatic rings. The van der Waals surface area contributed by atoms with Crippen molar-refractivity contribution in [1.29, 1.82) is 0 Å². The van der Waals surface area contributed by atoms with Crippen LogP contribution in [0.3, 0.4) is 0 Å². The maximum Gasteiger partial charge on any atom is 0.247 e. The van der Waals surface area contributed by atoms with Gasteiger partial charge in [-0.3, -0.25) is 9.59 Å². The summed E-state index contributed by atoms with van der Waals surface area (Å²) in [5.74, 6) is -0.913. The molecule has 6 nitrogen and oxygen atoms in total. The van der Waals surface area contributed by atoms with Crippen molar-refractivity contribution in [2.24, 2.45) is 0 Å². The summed E-state index contributed by atoms with van der Waals surface area (Å²) in [6.07, 6.45) is 3.02. The van der Waals surface area contributed by atoms with Crippen molar-refractivity contribution < 1.29 is 18.0 Å². The van der Waals surface area contributed by atoms with Gasteiger partial charge in [-0.25, -0.2) is 8.42 Å². The van der Waals surface area contributed by atoms with Crippen LogP contribution in [0.2, 0.25) is 10.0 Å². The molecule has 0 aromatic heterocycles. The Morgan fingerprint density at radius 1 is 1.24 bits per heavy atom. The second-order valence-electron chi connectivity index (χ2n) is 6.13. The number of amides is 2. The van der Waals surface area contributed by atoms with Gasteiger partial charge >= 0.3 is 0 Å². The van der Waals surface area contributed by atoms with E-state index in [1.54, 1.807) is 12.1 Å². The average Bonchev–Trinajstić information content (AvgIpc) is 2.56. The van der Waals surface area contributed by atoms with Crippen LogP contribution in [0.4, 0.5) is 5.69 Å². The molecule has 1 aliphatic heterocycles. The summed E-state index contributed by atoms with van der Waals surface area (Å²) in [6.45, 7) is 1.71. The van der Waals surface area contributed by atoms with Gasteiger partial charge < -0.3 is 10.2 Å². The normalized spacial score (nSPS) is 19.4. The Bertz CT molecular complexity index is 782. The zero-order chi connectivity index (χ0) is 18.8. The fraction of sp³-hybridized carbons (Fsp3) is 0.500. The highest BCUT2D eigenvalue weighted by atomic mass is 35.5. The van der Waals surface area contributed by atoms with Gasteiger partial charge in [0.15, 0.2) is 9.84 Å². The largest absolute Gasteiger partial charge is 0.330 e. The minimum atomic E-state index is -3.52. The highest BCUT2D eigenvalue weighted by Crippen LogP contribution is 2.26. The Kier molecular flexibility index (Phi) is 6.35. The van der Waals surface area contributed by atoms with Crippen LogP contribution in [0.25, 0.3) is 0 Å². The molecule has 0 unspecified atom stereocenters. The highest BCUT2D eigenvalue weighted by molar-refractivity contribution is 7.92. The monoisotopic (exact) mass is 406 g/mol. The van der Waals surface area contributed by atoms with Crippen LogP contribution >= 0.6 is 23.2 Å². The number of sulfone groups is 1. The first-order chi connectivity index (χ1) is 11.6. The van der Waals surface area contributed by atoms with Crippen LogP contribution in [0, 0.1) is 0 Å². The lowest BCUT2D eigenvalue weighted by atomic mass is 10.0. The Morgan fingerprint density at radius 3 is 2.52 bits per heavy atom. The van der Waals surface area contributed by atoms with E-state index >= 15 is 0 Å². The van der Waals surface area contributed by atoms with E-state index < -0.39 is 27.0 Å². The fourth-order valence-corrected chi connectivity index (χ4v) is 3.48. The molecule has 25 heavy (non-hydrogen) atoms. The summed E-state index contributed by atoms with van der Waals surface area (Å²) in [4.78, 5) is 26.5. The standard InChI is InChI=1S/C16H20Cl2N2O4S/c1-10(25(2,23)24)16(22)20-8-4-3-5-14(20)15(21)19-11-6-7-12(17)13(18)9-11/h6-7,9-10,14H,3-5,8H2,1-2H3,(H,19,21)/t10-,14+/m0/s1. The third kappa shape index (κ3) is 4.86. The molecule has 0 spiro atoms. The third-order valence-corrected chi connectivity index (χ3v) is 6.49. The fourth-order valence-electron chi connectivity index (χ4n) is 2.68. The van der Waals surface area contributed by atoms with Crippen LogP contribution in [0.15, 0.2) is 18.2 Å². The number of hydrogen-bond donors (Lipinski definition) is 1. The molecule has 0 bridgehead atoms.